The van der Waals surface area contributed by atoms with Gasteiger partial charge in [-0.2, -0.15) is 0 Å². The van der Waals surface area contributed by atoms with Crippen LogP contribution in [0.1, 0.15) is 16.1 Å². The molecule has 1 aromatic heterocycles. The zero-order chi connectivity index (χ0) is 12.8. The van der Waals surface area contributed by atoms with Crippen molar-refractivity contribution in [1.82, 2.24) is 9.88 Å². The van der Waals surface area contributed by atoms with Crippen molar-refractivity contribution in [2.24, 2.45) is 0 Å². The fourth-order valence-corrected chi connectivity index (χ4v) is 1.52. The minimum absolute atomic E-state index is 0.171. The fourth-order valence-electron chi connectivity index (χ4n) is 1.18. The average molecular weight is 303 g/mol. The van der Waals surface area contributed by atoms with Crippen LogP contribution >= 0.6 is 15.9 Å². The Labute approximate surface area is 109 Å². The van der Waals surface area contributed by atoms with Gasteiger partial charge in [-0.25, -0.2) is 4.79 Å². The number of likely N-dealkylation sites (N-methyl/N-ethyl adjacent to an activating group) is 1. The Bertz CT molecular complexity index is 396. The van der Waals surface area contributed by atoms with E-state index in [1.807, 2.05) is 19.0 Å². The van der Waals surface area contributed by atoms with Crippen LogP contribution in [0.2, 0.25) is 0 Å². The number of hydrogen-bond donors (Lipinski definition) is 1. The standard InChI is InChI=1S/C11H15BrN2O3/c1-14(2)3-4-17-7-10-9(11(15)16)5-8(12)6-13-10/h5-6H,3-4,7H2,1-2H3,(H,15,16). The Balaban J connectivity index is 2.61. The van der Waals surface area contributed by atoms with Gasteiger partial charge in [0.15, 0.2) is 0 Å². The van der Waals surface area contributed by atoms with Crippen LogP contribution < -0.4 is 0 Å². The van der Waals surface area contributed by atoms with E-state index in [4.69, 9.17) is 9.84 Å². The Hall–Kier alpha value is -0.980. The van der Waals surface area contributed by atoms with Crippen LogP contribution in [0.15, 0.2) is 16.7 Å². The number of carboxylic acid groups (broad SMARTS) is 1. The molecule has 0 aliphatic carbocycles. The number of ether oxygens (including phenoxy) is 1. The zero-order valence-corrected chi connectivity index (χ0v) is 11.4. The van der Waals surface area contributed by atoms with Gasteiger partial charge in [0, 0.05) is 17.2 Å². The Morgan fingerprint density at radius 1 is 1.59 bits per heavy atom. The lowest BCUT2D eigenvalue weighted by Crippen LogP contribution is -2.18. The van der Waals surface area contributed by atoms with Crippen molar-refractivity contribution in [3.8, 4) is 0 Å². The van der Waals surface area contributed by atoms with Crippen LogP contribution in [-0.2, 0) is 11.3 Å². The summed E-state index contributed by atoms with van der Waals surface area (Å²) in [5.74, 6) is -0.995. The molecule has 0 bridgehead atoms. The second-order valence-corrected chi connectivity index (χ2v) is 4.72. The molecule has 0 atom stereocenters. The molecule has 1 aromatic rings. The van der Waals surface area contributed by atoms with Crippen molar-refractivity contribution < 1.29 is 14.6 Å². The third-order valence-electron chi connectivity index (χ3n) is 2.09. The molecule has 0 aliphatic rings. The molecule has 0 spiro atoms. The van der Waals surface area contributed by atoms with E-state index >= 15 is 0 Å². The van der Waals surface area contributed by atoms with E-state index in [0.717, 1.165) is 6.54 Å². The highest BCUT2D eigenvalue weighted by Gasteiger charge is 2.12. The van der Waals surface area contributed by atoms with E-state index in [1.54, 1.807) is 6.20 Å². The highest BCUT2D eigenvalue weighted by molar-refractivity contribution is 9.10. The topological polar surface area (TPSA) is 62.7 Å². The van der Waals surface area contributed by atoms with Gasteiger partial charge in [-0.1, -0.05) is 0 Å². The maximum atomic E-state index is 11.0. The molecule has 0 radical (unpaired) electrons. The van der Waals surface area contributed by atoms with Crippen molar-refractivity contribution in [3.05, 3.63) is 28.0 Å². The first-order valence-electron chi connectivity index (χ1n) is 5.11. The van der Waals surface area contributed by atoms with Gasteiger partial charge in [-0.3, -0.25) is 4.98 Å². The van der Waals surface area contributed by atoms with Crippen molar-refractivity contribution >= 4 is 21.9 Å². The fraction of sp³-hybridized carbons (Fsp3) is 0.455. The molecule has 0 unspecified atom stereocenters. The Kier molecular flexibility index (Phi) is 5.54. The van der Waals surface area contributed by atoms with Gasteiger partial charge in [-0.15, -0.1) is 0 Å². The second kappa shape index (κ2) is 6.68. The van der Waals surface area contributed by atoms with E-state index in [0.29, 0.717) is 16.8 Å². The van der Waals surface area contributed by atoms with Crippen molar-refractivity contribution in [2.75, 3.05) is 27.2 Å². The number of pyridine rings is 1. The smallest absolute Gasteiger partial charge is 0.337 e. The van der Waals surface area contributed by atoms with Gasteiger partial charge >= 0.3 is 5.97 Å². The van der Waals surface area contributed by atoms with Crippen LogP contribution in [0.5, 0.6) is 0 Å². The molecule has 0 amide bonds. The lowest BCUT2D eigenvalue weighted by atomic mass is 10.2. The lowest BCUT2D eigenvalue weighted by Gasteiger charge is -2.10. The van der Waals surface area contributed by atoms with E-state index in [2.05, 4.69) is 20.9 Å². The molecule has 0 aliphatic heterocycles. The maximum absolute atomic E-state index is 11.0. The van der Waals surface area contributed by atoms with Gasteiger partial charge in [-0.05, 0) is 36.1 Å². The highest BCUT2D eigenvalue weighted by atomic mass is 79.9. The summed E-state index contributed by atoms with van der Waals surface area (Å²) in [6.45, 7) is 1.55. The molecule has 0 aromatic carbocycles. The predicted molar refractivity (Wildman–Crippen MR) is 67.1 cm³/mol. The monoisotopic (exact) mass is 302 g/mol. The third-order valence-corrected chi connectivity index (χ3v) is 2.52. The number of aromatic carboxylic acids is 1. The summed E-state index contributed by atoms with van der Waals surface area (Å²) in [6.07, 6.45) is 1.57. The van der Waals surface area contributed by atoms with Crippen LogP contribution in [0.3, 0.4) is 0 Å². The minimum atomic E-state index is -0.995. The van der Waals surface area contributed by atoms with E-state index in [9.17, 15) is 4.79 Å². The molecule has 1 rings (SSSR count). The maximum Gasteiger partial charge on any atom is 0.337 e. The van der Waals surface area contributed by atoms with Crippen LogP contribution in [0.25, 0.3) is 0 Å². The van der Waals surface area contributed by atoms with Gasteiger partial charge in [0.25, 0.3) is 0 Å². The second-order valence-electron chi connectivity index (χ2n) is 3.81. The Morgan fingerprint density at radius 2 is 2.29 bits per heavy atom. The number of aromatic nitrogens is 1. The predicted octanol–water partition coefficient (Wildman–Crippen LogP) is 1.62. The third kappa shape index (κ3) is 4.80. The molecule has 94 valence electrons. The lowest BCUT2D eigenvalue weighted by molar-refractivity contribution is 0.0682. The molecule has 0 saturated carbocycles. The number of rotatable bonds is 6. The summed E-state index contributed by atoms with van der Waals surface area (Å²) in [5.41, 5.74) is 0.615. The molecule has 17 heavy (non-hydrogen) atoms. The Morgan fingerprint density at radius 3 is 2.88 bits per heavy atom. The van der Waals surface area contributed by atoms with Gasteiger partial charge < -0.3 is 14.7 Å². The molecule has 5 nitrogen and oxygen atoms in total. The summed E-state index contributed by atoms with van der Waals surface area (Å²) in [5, 5.41) is 9.01. The summed E-state index contributed by atoms with van der Waals surface area (Å²) in [7, 11) is 3.90. The first-order chi connectivity index (χ1) is 8.00. The summed E-state index contributed by atoms with van der Waals surface area (Å²) >= 11 is 3.19. The molecule has 1 heterocycles. The van der Waals surface area contributed by atoms with Crippen LogP contribution in [0, 0.1) is 0 Å². The molecule has 6 heteroatoms. The SMILES string of the molecule is CN(C)CCOCc1ncc(Br)cc1C(=O)O. The van der Waals surface area contributed by atoms with E-state index < -0.39 is 5.97 Å². The molecule has 0 saturated heterocycles. The summed E-state index contributed by atoms with van der Waals surface area (Å²) in [4.78, 5) is 17.0. The number of hydrogen-bond acceptors (Lipinski definition) is 4. The van der Waals surface area contributed by atoms with Gasteiger partial charge in [0.2, 0.25) is 0 Å². The van der Waals surface area contributed by atoms with Crippen LogP contribution in [-0.4, -0.2) is 48.2 Å². The summed E-state index contributed by atoms with van der Waals surface area (Å²) < 4.78 is 6.02. The molecular weight excluding hydrogens is 288 g/mol. The minimum Gasteiger partial charge on any atom is -0.478 e. The number of carbonyl (C=O) groups is 1. The molecule has 1 N–H and O–H groups in total. The normalized spacial score (nSPS) is 10.8. The van der Waals surface area contributed by atoms with Gasteiger partial charge in [0.05, 0.1) is 24.5 Å². The number of carboxylic acids is 1. The quantitative estimate of drug-likeness (QED) is 0.809. The first kappa shape index (κ1) is 14.1. The number of nitrogens with zero attached hydrogens (tertiary/aromatic N) is 2. The first-order valence-corrected chi connectivity index (χ1v) is 5.90. The van der Waals surface area contributed by atoms with Crippen LogP contribution in [0.4, 0.5) is 0 Å². The van der Waals surface area contributed by atoms with Gasteiger partial charge in [0.1, 0.15) is 0 Å². The van der Waals surface area contributed by atoms with Crippen molar-refractivity contribution in [3.63, 3.8) is 0 Å². The molecular formula is C11H15BrN2O3. The molecule has 0 fully saturated rings. The largest absolute Gasteiger partial charge is 0.478 e. The van der Waals surface area contributed by atoms with E-state index in [-0.39, 0.29) is 12.2 Å². The van der Waals surface area contributed by atoms with Crippen molar-refractivity contribution in [2.45, 2.75) is 6.61 Å². The van der Waals surface area contributed by atoms with Crippen molar-refractivity contribution in [1.29, 1.82) is 0 Å². The average Bonchev–Trinajstić information content (AvgIpc) is 2.25. The zero-order valence-electron chi connectivity index (χ0n) is 9.81. The summed E-state index contributed by atoms with van der Waals surface area (Å²) in [6, 6.07) is 1.53. The number of halogens is 1. The highest BCUT2D eigenvalue weighted by Crippen LogP contribution is 2.14. The van der Waals surface area contributed by atoms with E-state index in [1.165, 1.54) is 6.07 Å².